The van der Waals surface area contributed by atoms with Crippen LogP contribution in [-0.2, 0) is 6.16 Å². The third kappa shape index (κ3) is 3.20. The van der Waals surface area contributed by atoms with Crippen molar-refractivity contribution in [3.63, 3.8) is 0 Å². The predicted molar refractivity (Wildman–Crippen MR) is 98.5 cm³/mol. The number of hydrogen-bond acceptors (Lipinski definition) is 1. The van der Waals surface area contributed by atoms with Gasteiger partial charge in [-0.15, -0.1) is 11.3 Å². The van der Waals surface area contributed by atoms with E-state index < -0.39 is 0 Å². The van der Waals surface area contributed by atoms with Gasteiger partial charge < -0.3 is 0 Å². The van der Waals surface area contributed by atoms with Gasteiger partial charge in [-0.05, 0) is 41.0 Å². The van der Waals surface area contributed by atoms with Gasteiger partial charge in [-0.1, -0.05) is 64.2 Å². The third-order valence-corrected chi connectivity index (χ3v) is 7.21. The molecule has 2 aromatic carbocycles. The summed E-state index contributed by atoms with van der Waals surface area (Å²) in [5.41, 5.74) is 1.52. The Morgan fingerprint density at radius 1 is 1.00 bits per heavy atom. The van der Waals surface area contributed by atoms with Gasteiger partial charge in [0.25, 0.3) is 0 Å². The molecule has 3 rings (SSSR count). The fourth-order valence-electron chi connectivity index (χ4n) is 2.76. The third-order valence-electron chi connectivity index (χ3n) is 3.84. The molecule has 0 spiro atoms. The summed E-state index contributed by atoms with van der Waals surface area (Å²) in [6.07, 6.45) is 1.19. The summed E-state index contributed by atoms with van der Waals surface area (Å²) in [7, 11) is -0.132. The Morgan fingerprint density at radius 3 is 2.48 bits per heavy atom. The number of hydrogen-bond donors (Lipinski definition) is 0. The smallest absolute Gasteiger partial charge is 0.0345 e. The Hall–Kier alpha value is -1.17. The van der Waals surface area contributed by atoms with Gasteiger partial charge >= 0.3 is 0 Å². The lowest BCUT2D eigenvalue weighted by molar-refractivity contribution is 0.873. The van der Waals surface area contributed by atoms with E-state index in [1.807, 2.05) is 11.3 Å². The van der Waals surface area contributed by atoms with Crippen molar-refractivity contribution in [3.8, 4) is 0 Å². The highest BCUT2D eigenvalue weighted by Crippen LogP contribution is 2.40. The second kappa shape index (κ2) is 6.30. The van der Waals surface area contributed by atoms with E-state index in [9.17, 15) is 0 Å². The van der Waals surface area contributed by atoms with Gasteiger partial charge in [0.05, 0.1) is 0 Å². The summed E-state index contributed by atoms with van der Waals surface area (Å²) in [6, 6.07) is 20.0. The lowest BCUT2D eigenvalue weighted by Crippen LogP contribution is -2.10. The van der Waals surface area contributed by atoms with E-state index in [0.29, 0.717) is 5.92 Å². The zero-order valence-corrected chi connectivity index (χ0v) is 14.5. The van der Waals surface area contributed by atoms with Crippen LogP contribution in [0, 0.1) is 0 Å². The normalized spacial score (nSPS) is 13.0. The quantitative estimate of drug-likeness (QED) is 0.521. The van der Waals surface area contributed by atoms with Crippen LogP contribution in [-0.4, -0.2) is 6.66 Å². The molecule has 1 heterocycles. The van der Waals surface area contributed by atoms with Gasteiger partial charge in [-0.2, -0.15) is 0 Å². The molecule has 0 bridgehead atoms. The van der Waals surface area contributed by atoms with E-state index in [1.54, 1.807) is 5.30 Å². The van der Waals surface area contributed by atoms with Crippen LogP contribution in [0.2, 0.25) is 0 Å². The van der Waals surface area contributed by atoms with Crippen molar-refractivity contribution < 1.29 is 0 Å². The van der Waals surface area contributed by atoms with Crippen LogP contribution < -0.4 is 5.30 Å². The van der Waals surface area contributed by atoms with Crippen molar-refractivity contribution in [2.45, 2.75) is 25.9 Å². The lowest BCUT2D eigenvalue weighted by atomic mass is 10.0. The van der Waals surface area contributed by atoms with E-state index >= 15 is 0 Å². The molecule has 1 atom stereocenters. The van der Waals surface area contributed by atoms with Crippen LogP contribution in [0.5, 0.6) is 0 Å². The fraction of sp³-hybridized carbons (Fsp3) is 0.263. The Morgan fingerprint density at radius 2 is 1.71 bits per heavy atom. The van der Waals surface area contributed by atoms with Gasteiger partial charge in [0.2, 0.25) is 0 Å². The number of fused-ring (bicyclic) bond motifs is 1. The van der Waals surface area contributed by atoms with Crippen molar-refractivity contribution in [2.24, 2.45) is 0 Å². The Kier molecular flexibility index (Phi) is 4.42. The fourth-order valence-corrected chi connectivity index (χ4v) is 6.30. The second-order valence-electron chi connectivity index (χ2n) is 5.82. The molecule has 108 valence electrons. The van der Waals surface area contributed by atoms with Gasteiger partial charge in [-0.3, -0.25) is 0 Å². The van der Waals surface area contributed by atoms with E-state index in [2.05, 4.69) is 75.1 Å². The molecule has 0 aliphatic heterocycles. The zero-order chi connectivity index (χ0) is 14.8. The highest BCUT2D eigenvalue weighted by Gasteiger charge is 2.13. The van der Waals surface area contributed by atoms with Crippen molar-refractivity contribution in [1.29, 1.82) is 0 Å². The Bertz CT molecular complexity index is 709. The molecule has 0 aliphatic carbocycles. The molecule has 0 radical (unpaired) electrons. The molecule has 21 heavy (non-hydrogen) atoms. The molecule has 3 aromatic rings. The lowest BCUT2D eigenvalue weighted by Gasteiger charge is -2.18. The first-order valence-electron chi connectivity index (χ1n) is 7.42. The van der Waals surface area contributed by atoms with Crippen LogP contribution in [0.25, 0.3) is 10.1 Å². The summed E-state index contributed by atoms with van der Waals surface area (Å²) >= 11 is 1.95. The molecule has 0 saturated heterocycles. The highest BCUT2D eigenvalue weighted by molar-refractivity contribution is 7.64. The van der Waals surface area contributed by atoms with E-state index in [4.69, 9.17) is 0 Å². The van der Waals surface area contributed by atoms with Gasteiger partial charge in [0, 0.05) is 15.7 Å². The monoisotopic (exact) mass is 312 g/mol. The van der Waals surface area contributed by atoms with Crippen molar-refractivity contribution in [1.82, 2.24) is 0 Å². The largest absolute Gasteiger partial charge is 0.140 e. The van der Waals surface area contributed by atoms with Crippen LogP contribution in [0.4, 0.5) is 0 Å². The first-order chi connectivity index (χ1) is 10.1. The SMILES string of the molecule is CC(C)c1ccccc1P(C)Cc1cc2ccccc2s1. The molecule has 0 aliphatic rings. The summed E-state index contributed by atoms with van der Waals surface area (Å²) in [6.45, 7) is 7.00. The number of benzene rings is 2. The molecule has 1 aromatic heterocycles. The minimum Gasteiger partial charge on any atom is -0.140 e. The molecular weight excluding hydrogens is 291 g/mol. The maximum Gasteiger partial charge on any atom is 0.0345 e. The van der Waals surface area contributed by atoms with Gasteiger partial charge in [0.1, 0.15) is 0 Å². The molecule has 0 nitrogen and oxygen atoms in total. The van der Waals surface area contributed by atoms with Crippen LogP contribution in [0.3, 0.4) is 0 Å². The minimum atomic E-state index is -0.132. The molecule has 0 saturated carbocycles. The van der Waals surface area contributed by atoms with Crippen LogP contribution >= 0.6 is 19.3 Å². The summed E-state index contributed by atoms with van der Waals surface area (Å²) in [5, 5.41) is 2.96. The summed E-state index contributed by atoms with van der Waals surface area (Å²) < 4.78 is 1.41. The predicted octanol–water partition coefficient (Wildman–Crippen LogP) is 5.96. The van der Waals surface area contributed by atoms with Crippen molar-refractivity contribution in [2.75, 3.05) is 6.66 Å². The molecule has 2 heteroatoms. The molecule has 0 amide bonds. The van der Waals surface area contributed by atoms with Crippen molar-refractivity contribution >= 4 is 34.6 Å². The molecule has 1 unspecified atom stereocenters. The van der Waals surface area contributed by atoms with Crippen LogP contribution in [0.15, 0.2) is 54.6 Å². The average Bonchev–Trinajstić information content (AvgIpc) is 2.89. The maximum absolute atomic E-state index is 2.42. The van der Waals surface area contributed by atoms with E-state index in [-0.39, 0.29) is 7.92 Å². The topological polar surface area (TPSA) is 0 Å². The van der Waals surface area contributed by atoms with E-state index in [0.717, 1.165) is 0 Å². The van der Waals surface area contributed by atoms with E-state index in [1.165, 1.54) is 26.7 Å². The minimum absolute atomic E-state index is 0.132. The zero-order valence-electron chi connectivity index (χ0n) is 12.8. The Labute approximate surface area is 132 Å². The van der Waals surface area contributed by atoms with Crippen LogP contribution in [0.1, 0.15) is 30.2 Å². The molecular formula is C19H21PS. The van der Waals surface area contributed by atoms with Gasteiger partial charge in [0.15, 0.2) is 0 Å². The average molecular weight is 312 g/mol. The number of rotatable bonds is 4. The summed E-state index contributed by atoms with van der Waals surface area (Å²) in [5.74, 6) is 0.605. The maximum atomic E-state index is 2.42. The first-order valence-corrected chi connectivity index (χ1v) is 10.2. The first kappa shape index (κ1) is 14.8. The highest BCUT2D eigenvalue weighted by atomic mass is 32.1. The Balaban J connectivity index is 1.87. The number of thiophene rings is 1. The van der Waals surface area contributed by atoms with Gasteiger partial charge in [-0.25, -0.2) is 0 Å². The summed E-state index contributed by atoms with van der Waals surface area (Å²) in [4.78, 5) is 1.52. The molecule has 0 N–H and O–H groups in total. The van der Waals surface area contributed by atoms with Crippen molar-refractivity contribution in [3.05, 3.63) is 65.0 Å². The standard InChI is InChI=1S/C19H21PS/c1-14(2)17-9-5-6-10-18(17)20(3)13-16-12-15-8-4-7-11-19(15)21-16/h4-12,14H,13H2,1-3H3. The molecule has 0 fully saturated rings. The second-order valence-corrected chi connectivity index (χ2v) is 9.18.